The van der Waals surface area contributed by atoms with Crippen LogP contribution in [0.2, 0.25) is 0 Å². The van der Waals surface area contributed by atoms with Crippen LogP contribution in [0.4, 0.5) is 0 Å². The first-order valence-electron chi connectivity index (χ1n) is 7.54. The lowest BCUT2D eigenvalue weighted by atomic mass is 9.78. The average Bonchev–Trinajstić information content (AvgIpc) is 2.40. The Bertz CT molecular complexity index is 313. The first-order chi connectivity index (χ1) is 9.01. The minimum atomic E-state index is -0.824. The molecule has 1 fully saturated rings. The second-order valence-electron chi connectivity index (χ2n) is 5.71. The Morgan fingerprint density at radius 3 is 2.16 bits per heavy atom. The van der Waals surface area contributed by atoms with E-state index in [1.807, 2.05) is 6.92 Å². The van der Waals surface area contributed by atoms with Gasteiger partial charge in [-0.05, 0) is 25.7 Å². The summed E-state index contributed by atoms with van der Waals surface area (Å²) in [4.78, 5) is 23.5. The molecule has 0 bridgehead atoms. The molecule has 0 aromatic carbocycles. The molecule has 0 aliphatic heterocycles. The molecule has 4 nitrogen and oxygen atoms in total. The number of amides is 1. The third-order valence-corrected chi connectivity index (χ3v) is 4.55. The van der Waals surface area contributed by atoms with Gasteiger partial charge in [0.1, 0.15) is 0 Å². The smallest absolute Gasteiger partial charge is 0.307 e. The van der Waals surface area contributed by atoms with Crippen molar-refractivity contribution in [3.8, 4) is 0 Å². The molecule has 0 aromatic rings. The zero-order chi connectivity index (χ0) is 14.4. The van der Waals surface area contributed by atoms with Gasteiger partial charge in [-0.25, -0.2) is 0 Å². The predicted octanol–water partition coefficient (Wildman–Crippen LogP) is 2.82. The highest BCUT2D eigenvalue weighted by atomic mass is 16.4. The Morgan fingerprint density at radius 2 is 1.68 bits per heavy atom. The summed E-state index contributed by atoms with van der Waals surface area (Å²) in [7, 11) is 0. The number of hydrogen-bond acceptors (Lipinski definition) is 2. The molecule has 1 rings (SSSR count). The SMILES string of the molecule is CCC(CC)C(C)NC(=O)[C@@H]1CCCC[C@@H]1C(=O)O. The summed E-state index contributed by atoms with van der Waals surface area (Å²) in [5.74, 6) is -1.26. The van der Waals surface area contributed by atoms with Gasteiger partial charge in [0.2, 0.25) is 5.91 Å². The van der Waals surface area contributed by atoms with Crippen molar-refractivity contribution in [2.24, 2.45) is 17.8 Å². The van der Waals surface area contributed by atoms with E-state index < -0.39 is 11.9 Å². The van der Waals surface area contributed by atoms with Gasteiger partial charge < -0.3 is 10.4 Å². The fourth-order valence-corrected chi connectivity index (χ4v) is 3.19. The summed E-state index contributed by atoms with van der Waals surface area (Å²) >= 11 is 0. The van der Waals surface area contributed by atoms with Crippen molar-refractivity contribution in [1.82, 2.24) is 5.32 Å². The number of carboxylic acid groups (broad SMARTS) is 1. The number of hydrogen-bond donors (Lipinski definition) is 2. The third-order valence-electron chi connectivity index (χ3n) is 4.55. The fourth-order valence-electron chi connectivity index (χ4n) is 3.19. The maximum absolute atomic E-state index is 12.3. The molecular weight excluding hydrogens is 242 g/mol. The predicted molar refractivity (Wildman–Crippen MR) is 74.8 cm³/mol. The van der Waals surface area contributed by atoms with E-state index in [9.17, 15) is 14.7 Å². The second-order valence-corrected chi connectivity index (χ2v) is 5.71. The van der Waals surface area contributed by atoms with E-state index in [0.29, 0.717) is 18.8 Å². The first-order valence-corrected chi connectivity index (χ1v) is 7.54. The van der Waals surface area contributed by atoms with E-state index in [2.05, 4.69) is 19.2 Å². The van der Waals surface area contributed by atoms with E-state index in [1.165, 1.54) is 0 Å². The zero-order valence-corrected chi connectivity index (χ0v) is 12.3. The minimum absolute atomic E-state index is 0.0634. The number of carbonyl (C=O) groups excluding carboxylic acids is 1. The molecule has 1 unspecified atom stereocenters. The minimum Gasteiger partial charge on any atom is -0.481 e. The van der Waals surface area contributed by atoms with Gasteiger partial charge in [0.25, 0.3) is 0 Å². The molecular formula is C15H27NO3. The number of carbonyl (C=O) groups is 2. The molecule has 2 N–H and O–H groups in total. The lowest BCUT2D eigenvalue weighted by Gasteiger charge is -2.30. The highest BCUT2D eigenvalue weighted by Crippen LogP contribution is 2.30. The van der Waals surface area contributed by atoms with E-state index in [0.717, 1.165) is 25.7 Å². The van der Waals surface area contributed by atoms with Crippen molar-refractivity contribution >= 4 is 11.9 Å². The first kappa shape index (κ1) is 16.0. The second kappa shape index (κ2) is 7.51. The topological polar surface area (TPSA) is 66.4 Å². The number of carboxylic acids is 1. The summed E-state index contributed by atoms with van der Waals surface area (Å²) in [6.07, 6.45) is 5.28. The average molecular weight is 269 g/mol. The monoisotopic (exact) mass is 269 g/mol. The summed E-state index contributed by atoms with van der Waals surface area (Å²) in [5, 5.41) is 12.2. The van der Waals surface area contributed by atoms with Gasteiger partial charge in [-0.1, -0.05) is 39.5 Å². The van der Waals surface area contributed by atoms with Gasteiger partial charge in [0, 0.05) is 6.04 Å². The summed E-state index contributed by atoms with van der Waals surface area (Å²) in [5.41, 5.74) is 0. The molecule has 110 valence electrons. The molecule has 0 aromatic heterocycles. The van der Waals surface area contributed by atoms with Gasteiger partial charge in [0.15, 0.2) is 0 Å². The van der Waals surface area contributed by atoms with Gasteiger partial charge in [-0.2, -0.15) is 0 Å². The van der Waals surface area contributed by atoms with Crippen LogP contribution in [0.1, 0.15) is 59.3 Å². The quantitative estimate of drug-likeness (QED) is 0.779. The maximum Gasteiger partial charge on any atom is 0.307 e. The molecule has 1 saturated carbocycles. The number of rotatable bonds is 6. The van der Waals surface area contributed by atoms with Crippen LogP contribution in [0.15, 0.2) is 0 Å². The van der Waals surface area contributed by atoms with Crippen LogP contribution in [0.25, 0.3) is 0 Å². The van der Waals surface area contributed by atoms with E-state index in [-0.39, 0.29) is 17.9 Å². The summed E-state index contributed by atoms with van der Waals surface area (Å²) < 4.78 is 0. The van der Waals surface area contributed by atoms with Crippen molar-refractivity contribution < 1.29 is 14.7 Å². The van der Waals surface area contributed by atoms with E-state index in [1.54, 1.807) is 0 Å². The van der Waals surface area contributed by atoms with Gasteiger partial charge in [-0.3, -0.25) is 9.59 Å². The van der Waals surface area contributed by atoms with Crippen molar-refractivity contribution in [3.05, 3.63) is 0 Å². The van der Waals surface area contributed by atoms with Crippen LogP contribution >= 0.6 is 0 Å². The van der Waals surface area contributed by atoms with Crippen molar-refractivity contribution in [2.45, 2.75) is 65.3 Å². The van der Waals surface area contributed by atoms with Crippen LogP contribution in [0.5, 0.6) is 0 Å². The molecule has 0 saturated heterocycles. The Labute approximate surface area is 116 Å². The Balaban J connectivity index is 2.62. The van der Waals surface area contributed by atoms with Crippen LogP contribution in [-0.2, 0) is 9.59 Å². The summed E-state index contributed by atoms with van der Waals surface area (Å²) in [6, 6.07) is 0.124. The molecule has 0 radical (unpaired) electrons. The largest absolute Gasteiger partial charge is 0.481 e. The van der Waals surface area contributed by atoms with Crippen molar-refractivity contribution in [3.63, 3.8) is 0 Å². The standard InChI is InChI=1S/C15H27NO3/c1-4-11(5-2)10(3)16-14(17)12-8-6-7-9-13(12)15(18)19/h10-13H,4-9H2,1-3H3,(H,16,17)(H,18,19)/t10?,12-,13+/m1/s1. The van der Waals surface area contributed by atoms with E-state index in [4.69, 9.17) is 0 Å². The van der Waals surface area contributed by atoms with Crippen LogP contribution in [0, 0.1) is 17.8 Å². The number of nitrogens with one attached hydrogen (secondary N) is 1. The molecule has 1 amide bonds. The van der Waals surface area contributed by atoms with Crippen LogP contribution in [-0.4, -0.2) is 23.0 Å². The molecule has 4 heteroatoms. The lowest BCUT2D eigenvalue weighted by Crippen LogP contribution is -2.45. The Kier molecular flexibility index (Phi) is 6.32. The Morgan fingerprint density at radius 1 is 1.16 bits per heavy atom. The van der Waals surface area contributed by atoms with Crippen molar-refractivity contribution in [2.75, 3.05) is 0 Å². The molecule has 0 heterocycles. The normalized spacial score (nSPS) is 25.1. The molecule has 0 spiro atoms. The van der Waals surface area contributed by atoms with Crippen LogP contribution < -0.4 is 5.32 Å². The van der Waals surface area contributed by atoms with Gasteiger partial charge in [0.05, 0.1) is 11.8 Å². The van der Waals surface area contributed by atoms with Gasteiger partial charge in [-0.15, -0.1) is 0 Å². The molecule has 19 heavy (non-hydrogen) atoms. The number of aliphatic carboxylic acids is 1. The Hall–Kier alpha value is -1.06. The molecule has 1 aliphatic carbocycles. The highest BCUT2D eigenvalue weighted by molar-refractivity contribution is 5.85. The lowest BCUT2D eigenvalue weighted by molar-refractivity contribution is -0.149. The van der Waals surface area contributed by atoms with Crippen molar-refractivity contribution in [1.29, 1.82) is 0 Å². The van der Waals surface area contributed by atoms with E-state index >= 15 is 0 Å². The van der Waals surface area contributed by atoms with Crippen LogP contribution in [0.3, 0.4) is 0 Å². The highest BCUT2D eigenvalue weighted by Gasteiger charge is 2.36. The molecule has 1 aliphatic rings. The third kappa shape index (κ3) is 4.22. The fraction of sp³-hybridized carbons (Fsp3) is 0.867. The summed E-state index contributed by atoms with van der Waals surface area (Å²) in [6.45, 7) is 6.27. The maximum atomic E-state index is 12.3. The zero-order valence-electron chi connectivity index (χ0n) is 12.3. The molecule has 3 atom stereocenters. The van der Waals surface area contributed by atoms with Gasteiger partial charge >= 0.3 is 5.97 Å².